The van der Waals surface area contributed by atoms with Gasteiger partial charge in [0.1, 0.15) is 0 Å². The van der Waals surface area contributed by atoms with E-state index in [4.69, 9.17) is 0 Å². The van der Waals surface area contributed by atoms with Gasteiger partial charge in [0.15, 0.2) is 0 Å². The van der Waals surface area contributed by atoms with Crippen LogP contribution in [-0.4, -0.2) is 24.4 Å². The molecule has 1 rings (SSSR count). The Morgan fingerprint density at radius 1 is 0.957 bits per heavy atom. The number of hydrogen-bond donors (Lipinski definition) is 2. The Balaban J connectivity index is 2.36. The molecule has 2 N–H and O–H groups in total. The van der Waals surface area contributed by atoms with E-state index in [0.717, 1.165) is 32.1 Å². The maximum Gasteiger partial charge on any atom is 0.239 e. The molecule has 0 aromatic heterocycles. The number of carbonyl (C=O) groups excluding carboxylic acids is 2. The van der Waals surface area contributed by atoms with E-state index in [1.807, 2.05) is 0 Å². The monoisotopic (exact) mass is 324 g/mol. The molecule has 0 unspecified atom stereocenters. The van der Waals surface area contributed by atoms with Gasteiger partial charge in [-0.3, -0.25) is 9.59 Å². The van der Waals surface area contributed by atoms with Crippen LogP contribution in [0.5, 0.6) is 0 Å². The molecule has 0 bridgehead atoms. The quantitative estimate of drug-likeness (QED) is 0.751. The topological polar surface area (TPSA) is 58.2 Å². The van der Waals surface area contributed by atoms with Gasteiger partial charge in [-0.25, -0.2) is 0 Å². The zero-order valence-corrected chi connectivity index (χ0v) is 15.5. The first-order valence-corrected chi connectivity index (χ1v) is 9.47. The third-order valence-electron chi connectivity index (χ3n) is 4.78. The summed E-state index contributed by atoms with van der Waals surface area (Å²) in [5, 5.41) is 5.92. The average molecular weight is 325 g/mol. The summed E-state index contributed by atoms with van der Waals surface area (Å²) in [4.78, 5) is 24.4. The second kappa shape index (κ2) is 10.7. The van der Waals surface area contributed by atoms with Gasteiger partial charge in [-0.1, -0.05) is 59.8 Å². The second-order valence-corrected chi connectivity index (χ2v) is 7.81. The van der Waals surface area contributed by atoms with Crippen molar-refractivity contribution in [3.05, 3.63) is 0 Å². The summed E-state index contributed by atoms with van der Waals surface area (Å²) >= 11 is 0. The average Bonchev–Trinajstić information content (AvgIpc) is 2.43. The first kappa shape index (κ1) is 20.0. The first-order valence-electron chi connectivity index (χ1n) is 9.47. The van der Waals surface area contributed by atoms with Crippen LogP contribution in [0.4, 0.5) is 0 Å². The van der Waals surface area contributed by atoms with E-state index in [9.17, 15) is 9.59 Å². The van der Waals surface area contributed by atoms with Gasteiger partial charge in [-0.05, 0) is 31.1 Å². The highest BCUT2D eigenvalue weighted by Crippen LogP contribution is 2.22. The van der Waals surface area contributed by atoms with E-state index in [-0.39, 0.29) is 30.3 Å². The van der Waals surface area contributed by atoms with Crippen LogP contribution in [0, 0.1) is 17.8 Å². The van der Waals surface area contributed by atoms with Crippen molar-refractivity contribution in [1.29, 1.82) is 0 Å². The van der Waals surface area contributed by atoms with Crippen LogP contribution in [-0.2, 0) is 9.59 Å². The summed E-state index contributed by atoms with van der Waals surface area (Å²) < 4.78 is 0. The highest BCUT2D eigenvalue weighted by molar-refractivity contribution is 5.85. The Morgan fingerprint density at radius 2 is 1.52 bits per heavy atom. The number of hydrogen-bond acceptors (Lipinski definition) is 2. The van der Waals surface area contributed by atoms with E-state index in [0.29, 0.717) is 11.8 Å². The molecule has 1 saturated carbocycles. The van der Waals surface area contributed by atoms with Crippen LogP contribution in [0.1, 0.15) is 79.1 Å². The lowest BCUT2D eigenvalue weighted by molar-refractivity contribution is -0.129. The molecule has 4 heteroatoms. The van der Waals surface area contributed by atoms with Crippen molar-refractivity contribution in [2.75, 3.05) is 6.54 Å². The largest absolute Gasteiger partial charge is 0.352 e. The number of rotatable bonds is 7. The molecule has 0 aromatic rings. The molecular formula is C19H36N2O2. The predicted molar refractivity (Wildman–Crippen MR) is 95.0 cm³/mol. The van der Waals surface area contributed by atoms with Crippen molar-refractivity contribution in [3.63, 3.8) is 0 Å². The number of amides is 2. The van der Waals surface area contributed by atoms with Crippen LogP contribution in [0.2, 0.25) is 0 Å². The molecule has 1 aliphatic carbocycles. The number of nitrogens with one attached hydrogen (secondary N) is 2. The van der Waals surface area contributed by atoms with Crippen LogP contribution in [0.25, 0.3) is 0 Å². The second-order valence-electron chi connectivity index (χ2n) is 7.81. The van der Waals surface area contributed by atoms with Gasteiger partial charge >= 0.3 is 0 Å². The smallest absolute Gasteiger partial charge is 0.239 e. The standard InChI is InChI=1S/C19H36N2O2/c1-14(2)12-17(15(3)4)21-18(22)13-20-19(23)16-10-8-6-5-7-9-11-16/h14-17H,5-13H2,1-4H3,(H,20,23)(H,21,22)/t17-/m0/s1. The van der Waals surface area contributed by atoms with Gasteiger partial charge in [0.25, 0.3) is 0 Å². The van der Waals surface area contributed by atoms with Crippen molar-refractivity contribution in [2.45, 2.75) is 85.1 Å². The number of carbonyl (C=O) groups is 2. The van der Waals surface area contributed by atoms with Gasteiger partial charge in [0.2, 0.25) is 11.8 Å². The van der Waals surface area contributed by atoms with E-state index >= 15 is 0 Å². The van der Waals surface area contributed by atoms with Crippen molar-refractivity contribution in [2.24, 2.45) is 17.8 Å². The van der Waals surface area contributed by atoms with Crippen molar-refractivity contribution in [1.82, 2.24) is 10.6 Å². The predicted octanol–water partition coefficient (Wildman–Crippen LogP) is 3.65. The zero-order valence-electron chi connectivity index (χ0n) is 15.5. The lowest BCUT2D eigenvalue weighted by Gasteiger charge is -2.24. The van der Waals surface area contributed by atoms with E-state index in [2.05, 4.69) is 38.3 Å². The molecule has 23 heavy (non-hydrogen) atoms. The van der Waals surface area contributed by atoms with Crippen molar-refractivity contribution in [3.8, 4) is 0 Å². The Labute approximate surface area is 142 Å². The minimum atomic E-state index is -0.0662. The zero-order chi connectivity index (χ0) is 17.2. The van der Waals surface area contributed by atoms with E-state index < -0.39 is 0 Å². The van der Waals surface area contributed by atoms with Crippen molar-refractivity contribution < 1.29 is 9.59 Å². The summed E-state index contributed by atoms with van der Waals surface area (Å²) in [6.07, 6.45) is 8.93. The Bertz CT molecular complexity index is 358. The molecule has 1 aliphatic rings. The van der Waals surface area contributed by atoms with Gasteiger partial charge in [0.05, 0.1) is 6.54 Å². The molecule has 4 nitrogen and oxygen atoms in total. The highest BCUT2D eigenvalue weighted by atomic mass is 16.2. The van der Waals surface area contributed by atoms with Gasteiger partial charge < -0.3 is 10.6 Å². The lowest BCUT2D eigenvalue weighted by atomic mass is 9.90. The van der Waals surface area contributed by atoms with E-state index in [1.165, 1.54) is 19.3 Å². The SMILES string of the molecule is CC(C)C[C@H](NC(=O)CNC(=O)C1CCCCCCC1)C(C)C. The van der Waals surface area contributed by atoms with Crippen LogP contribution in [0.15, 0.2) is 0 Å². The summed E-state index contributed by atoms with van der Waals surface area (Å²) in [5.74, 6) is 1.05. The molecule has 0 saturated heterocycles. The molecule has 0 radical (unpaired) electrons. The van der Waals surface area contributed by atoms with Gasteiger partial charge in [-0.15, -0.1) is 0 Å². The van der Waals surface area contributed by atoms with Crippen LogP contribution < -0.4 is 10.6 Å². The summed E-state index contributed by atoms with van der Waals surface area (Å²) in [6.45, 7) is 8.69. The molecule has 1 atom stereocenters. The third kappa shape index (κ3) is 8.38. The Morgan fingerprint density at radius 3 is 2.04 bits per heavy atom. The molecule has 0 heterocycles. The fourth-order valence-corrected chi connectivity index (χ4v) is 3.29. The molecule has 1 fully saturated rings. The lowest BCUT2D eigenvalue weighted by Crippen LogP contribution is -2.45. The van der Waals surface area contributed by atoms with Gasteiger partial charge in [-0.2, -0.15) is 0 Å². The summed E-state index contributed by atoms with van der Waals surface area (Å²) in [6, 6.07) is 0.181. The fraction of sp³-hybridized carbons (Fsp3) is 0.895. The van der Waals surface area contributed by atoms with Crippen molar-refractivity contribution >= 4 is 11.8 Å². The molecule has 0 spiro atoms. The Hall–Kier alpha value is -1.06. The maximum atomic E-state index is 12.3. The van der Waals surface area contributed by atoms with Gasteiger partial charge in [0, 0.05) is 12.0 Å². The first-order chi connectivity index (χ1) is 10.9. The minimum Gasteiger partial charge on any atom is -0.352 e. The third-order valence-corrected chi connectivity index (χ3v) is 4.78. The Kier molecular flexibility index (Phi) is 9.27. The minimum absolute atomic E-state index is 0.0620. The van der Waals surface area contributed by atoms with E-state index in [1.54, 1.807) is 0 Å². The normalized spacial score (nSPS) is 18.3. The molecule has 2 amide bonds. The highest BCUT2D eigenvalue weighted by Gasteiger charge is 2.21. The maximum absolute atomic E-state index is 12.3. The summed E-state index contributed by atoms with van der Waals surface area (Å²) in [5.41, 5.74) is 0. The molecule has 0 aromatic carbocycles. The fourth-order valence-electron chi connectivity index (χ4n) is 3.29. The molecule has 0 aliphatic heterocycles. The summed E-state index contributed by atoms with van der Waals surface area (Å²) in [7, 11) is 0. The van der Waals surface area contributed by atoms with Crippen LogP contribution >= 0.6 is 0 Å². The van der Waals surface area contributed by atoms with Crippen LogP contribution in [0.3, 0.4) is 0 Å². The molecule has 134 valence electrons. The molecular weight excluding hydrogens is 288 g/mol.